The van der Waals surface area contributed by atoms with Gasteiger partial charge in [0.25, 0.3) is 0 Å². The van der Waals surface area contributed by atoms with Crippen LogP contribution in [0.3, 0.4) is 0 Å². The zero-order chi connectivity index (χ0) is 9.68. The molecule has 13 heavy (non-hydrogen) atoms. The number of hydrogen-bond acceptors (Lipinski definition) is 4. The van der Waals surface area contributed by atoms with E-state index in [0.717, 1.165) is 17.3 Å². The second kappa shape index (κ2) is 4.97. The number of pyridine rings is 1. The molecule has 0 spiro atoms. The molecular formula is C9H15N3S. The van der Waals surface area contributed by atoms with Crippen molar-refractivity contribution in [3.05, 3.63) is 12.3 Å². The van der Waals surface area contributed by atoms with Crippen molar-refractivity contribution in [3.8, 4) is 0 Å². The van der Waals surface area contributed by atoms with Crippen molar-refractivity contribution in [2.45, 2.75) is 11.8 Å². The molecule has 0 bridgehead atoms. The summed E-state index contributed by atoms with van der Waals surface area (Å²) in [4.78, 5) is 5.48. The van der Waals surface area contributed by atoms with Crippen LogP contribution in [0.5, 0.6) is 0 Å². The monoisotopic (exact) mass is 197 g/mol. The van der Waals surface area contributed by atoms with Gasteiger partial charge in [0, 0.05) is 14.1 Å². The van der Waals surface area contributed by atoms with E-state index in [1.807, 2.05) is 20.3 Å². The van der Waals surface area contributed by atoms with Crippen LogP contribution in [0, 0.1) is 0 Å². The third-order valence-corrected chi connectivity index (χ3v) is 2.59. The number of nitrogens with one attached hydrogen (secondary N) is 2. The van der Waals surface area contributed by atoms with Crippen LogP contribution in [-0.4, -0.2) is 24.8 Å². The van der Waals surface area contributed by atoms with E-state index in [1.54, 1.807) is 11.8 Å². The number of nitrogens with zero attached hydrogens (tertiary/aromatic N) is 1. The molecule has 3 nitrogen and oxygen atoms in total. The van der Waals surface area contributed by atoms with Crippen molar-refractivity contribution in [2.75, 3.05) is 30.5 Å². The first kappa shape index (κ1) is 10.2. The number of thioether (sulfide) groups is 1. The van der Waals surface area contributed by atoms with Gasteiger partial charge in [-0.05, 0) is 11.8 Å². The van der Waals surface area contributed by atoms with E-state index in [9.17, 15) is 0 Å². The summed E-state index contributed by atoms with van der Waals surface area (Å²) >= 11 is 1.79. The van der Waals surface area contributed by atoms with Crippen molar-refractivity contribution in [3.63, 3.8) is 0 Å². The lowest BCUT2D eigenvalue weighted by Gasteiger charge is -2.08. The fraction of sp³-hybridized carbons (Fsp3) is 0.444. The van der Waals surface area contributed by atoms with Crippen LogP contribution in [-0.2, 0) is 0 Å². The predicted molar refractivity (Wildman–Crippen MR) is 59.7 cm³/mol. The van der Waals surface area contributed by atoms with E-state index in [-0.39, 0.29) is 0 Å². The summed E-state index contributed by atoms with van der Waals surface area (Å²) in [6, 6.07) is 2.10. The highest BCUT2D eigenvalue weighted by Gasteiger charge is 2.02. The number of aromatic nitrogens is 1. The summed E-state index contributed by atoms with van der Waals surface area (Å²) in [7, 11) is 3.79. The quantitative estimate of drug-likeness (QED) is 0.726. The van der Waals surface area contributed by atoms with Crippen molar-refractivity contribution < 1.29 is 0 Å². The van der Waals surface area contributed by atoms with Crippen LogP contribution in [0.25, 0.3) is 0 Å². The fourth-order valence-electron chi connectivity index (χ4n) is 1.03. The molecule has 0 saturated carbocycles. The average molecular weight is 197 g/mol. The second-order valence-corrected chi connectivity index (χ2v) is 3.81. The summed E-state index contributed by atoms with van der Waals surface area (Å²) in [5.41, 5.74) is 1.05. The minimum absolute atomic E-state index is 0.950. The molecule has 0 aromatic carbocycles. The van der Waals surface area contributed by atoms with Crippen molar-refractivity contribution in [1.29, 1.82) is 0 Å². The molecule has 1 heterocycles. The Morgan fingerprint density at radius 3 is 2.69 bits per heavy atom. The molecule has 0 saturated heterocycles. The van der Waals surface area contributed by atoms with Gasteiger partial charge in [0.15, 0.2) is 0 Å². The molecule has 0 aliphatic heterocycles. The van der Waals surface area contributed by atoms with Crippen LogP contribution in [0.1, 0.15) is 6.92 Å². The van der Waals surface area contributed by atoms with Gasteiger partial charge in [-0.3, -0.25) is 0 Å². The molecule has 0 fully saturated rings. The Morgan fingerprint density at radius 2 is 2.15 bits per heavy atom. The van der Waals surface area contributed by atoms with E-state index in [0.29, 0.717) is 0 Å². The fourth-order valence-corrected chi connectivity index (χ4v) is 1.85. The maximum atomic E-state index is 4.29. The van der Waals surface area contributed by atoms with E-state index >= 15 is 0 Å². The smallest absolute Gasteiger partial charge is 0.139 e. The van der Waals surface area contributed by atoms with Crippen molar-refractivity contribution in [2.24, 2.45) is 0 Å². The van der Waals surface area contributed by atoms with E-state index in [4.69, 9.17) is 0 Å². The molecule has 0 unspecified atom stereocenters. The van der Waals surface area contributed by atoms with E-state index in [1.165, 1.54) is 4.90 Å². The second-order valence-electron chi connectivity index (χ2n) is 2.50. The summed E-state index contributed by atoms with van der Waals surface area (Å²) in [6.45, 7) is 2.14. The van der Waals surface area contributed by atoms with Crippen LogP contribution in [0.4, 0.5) is 11.5 Å². The first-order valence-corrected chi connectivity index (χ1v) is 5.28. The van der Waals surface area contributed by atoms with Gasteiger partial charge in [-0.1, -0.05) is 6.92 Å². The van der Waals surface area contributed by atoms with Gasteiger partial charge >= 0.3 is 0 Å². The molecule has 72 valence electrons. The van der Waals surface area contributed by atoms with E-state index in [2.05, 4.69) is 28.6 Å². The first-order valence-electron chi connectivity index (χ1n) is 4.30. The topological polar surface area (TPSA) is 37.0 Å². The molecule has 0 atom stereocenters. The largest absolute Gasteiger partial charge is 0.387 e. The minimum Gasteiger partial charge on any atom is -0.387 e. The van der Waals surface area contributed by atoms with Crippen molar-refractivity contribution >= 4 is 23.3 Å². The first-order chi connectivity index (χ1) is 6.31. The zero-order valence-electron chi connectivity index (χ0n) is 8.22. The summed E-state index contributed by atoms with van der Waals surface area (Å²) in [5.74, 6) is 2.01. The Labute approximate surface area is 83.3 Å². The number of anilines is 2. The number of rotatable bonds is 4. The van der Waals surface area contributed by atoms with Gasteiger partial charge < -0.3 is 10.6 Å². The van der Waals surface area contributed by atoms with Gasteiger partial charge in [-0.25, -0.2) is 4.98 Å². The molecule has 0 aliphatic carbocycles. The Balaban J connectivity index is 2.95. The number of hydrogen-bond donors (Lipinski definition) is 2. The molecule has 1 aromatic rings. The molecule has 1 rings (SSSR count). The lowest BCUT2D eigenvalue weighted by Crippen LogP contribution is -1.97. The molecule has 0 amide bonds. The molecule has 1 aromatic heterocycles. The third-order valence-electron chi connectivity index (χ3n) is 1.68. The third kappa shape index (κ3) is 2.52. The normalized spacial score (nSPS) is 9.77. The Hall–Kier alpha value is -0.900. The maximum Gasteiger partial charge on any atom is 0.139 e. The predicted octanol–water partition coefficient (Wildman–Crippen LogP) is 2.28. The summed E-state index contributed by atoms with van der Waals surface area (Å²) < 4.78 is 0. The van der Waals surface area contributed by atoms with Gasteiger partial charge in [-0.2, -0.15) is 0 Å². The summed E-state index contributed by atoms with van der Waals surface area (Å²) in [5, 5.41) is 6.15. The highest BCUT2D eigenvalue weighted by Crippen LogP contribution is 2.27. The van der Waals surface area contributed by atoms with Crippen LogP contribution >= 0.6 is 11.8 Å². The average Bonchev–Trinajstić information content (AvgIpc) is 2.18. The molecule has 0 radical (unpaired) electrons. The lowest BCUT2D eigenvalue weighted by atomic mass is 10.4. The zero-order valence-corrected chi connectivity index (χ0v) is 9.03. The molecular weight excluding hydrogens is 182 g/mol. The van der Waals surface area contributed by atoms with E-state index < -0.39 is 0 Å². The SMILES string of the molecule is CCSc1cc(NC)cnc1NC. The Bertz CT molecular complexity index is 276. The van der Waals surface area contributed by atoms with Gasteiger partial charge in [0.2, 0.25) is 0 Å². The minimum atomic E-state index is 0.950. The highest BCUT2D eigenvalue weighted by atomic mass is 32.2. The van der Waals surface area contributed by atoms with Crippen LogP contribution in [0.2, 0.25) is 0 Å². The van der Waals surface area contributed by atoms with Crippen molar-refractivity contribution in [1.82, 2.24) is 4.98 Å². The Morgan fingerprint density at radius 1 is 1.38 bits per heavy atom. The van der Waals surface area contributed by atoms with Gasteiger partial charge in [0.05, 0.1) is 16.8 Å². The van der Waals surface area contributed by atoms with Gasteiger partial charge in [0.1, 0.15) is 5.82 Å². The van der Waals surface area contributed by atoms with Gasteiger partial charge in [-0.15, -0.1) is 11.8 Å². The highest BCUT2D eigenvalue weighted by molar-refractivity contribution is 7.99. The lowest BCUT2D eigenvalue weighted by molar-refractivity contribution is 1.20. The van der Waals surface area contributed by atoms with Crippen LogP contribution < -0.4 is 10.6 Å². The Kier molecular flexibility index (Phi) is 3.89. The standard InChI is InChI=1S/C9H15N3S/c1-4-13-8-5-7(10-2)6-12-9(8)11-3/h5-6,10H,4H2,1-3H3,(H,11,12). The molecule has 2 N–H and O–H groups in total. The summed E-state index contributed by atoms with van der Waals surface area (Å²) in [6.07, 6.45) is 1.82. The molecule has 4 heteroatoms. The maximum absolute atomic E-state index is 4.29. The molecule has 0 aliphatic rings. The van der Waals surface area contributed by atoms with Crippen LogP contribution in [0.15, 0.2) is 17.2 Å².